The van der Waals surface area contributed by atoms with Gasteiger partial charge in [-0.15, -0.1) is 0 Å². The number of methoxy groups -OCH3 is 1. The first-order valence-electron chi connectivity index (χ1n) is 12.0. The average molecular weight is 472 g/mol. The number of carbonyl (C=O) groups excluding carboxylic acids is 1. The van der Waals surface area contributed by atoms with Crippen molar-refractivity contribution in [1.82, 2.24) is 25.7 Å². The molecule has 2 aromatic carbocycles. The molecule has 0 atom stereocenters. The average Bonchev–Trinajstić information content (AvgIpc) is 3.41. The molecule has 1 aliphatic carbocycles. The molecule has 1 amide bonds. The van der Waals surface area contributed by atoms with Crippen LogP contribution in [0.5, 0.6) is 5.75 Å². The maximum absolute atomic E-state index is 13.0. The third-order valence-corrected chi connectivity index (χ3v) is 7.39. The first-order valence-corrected chi connectivity index (χ1v) is 12.0. The molecule has 1 aliphatic rings. The number of aromatic nitrogens is 4. The van der Waals surface area contributed by atoms with E-state index in [9.17, 15) is 9.59 Å². The number of fused-ring (bicyclic) bond motifs is 1. The van der Waals surface area contributed by atoms with E-state index < -0.39 is 0 Å². The van der Waals surface area contributed by atoms with E-state index in [0.717, 1.165) is 54.3 Å². The number of aryl methyl sites for hydroxylation is 1. The smallest absolute Gasteiger partial charge is 0.272 e. The first kappa shape index (κ1) is 22.8. The molecule has 5 rings (SSSR count). The number of nitrogens with one attached hydrogen (secondary N) is 3. The lowest BCUT2D eigenvalue weighted by molar-refractivity contribution is 0.0570. The number of H-pyrrole nitrogens is 2. The van der Waals surface area contributed by atoms with E-state index in [4.69, 9.17) is 4.74 Å². The van der Waals surface area contributed by atoms with Gasteiger partial charge in [0.15, 0.2) is 0 Å². The summed E-state index contributed by atoms with van der Waals surface area (Å²) >= 11 is 0. The number of rotatable bonds is 8. The van der Waals surface area contributed by atoms with Gasteiger partial charge in [0.1, 0.15) is 5.75 Å². The van der Waals surface area contributed by atoms with Crippen LogP contribution in [0.4, 0.5) is 0 Å². The van der Waals surface area contributed by atoms with Crippen molar-refractivity contribution in [3.05, 3.63) is 76.5 Å². The third kappa shape index (κ3) is 4.43. The predicted octanol–water partition coefficient (Wildman–Crippen LogP) is 4.24. The van der Waals surface area contributed by atoms with Gasteiger partial charge in [0.25, 0.3) is 11.5 Å². The Morgan fingerprint density at radius 3 is 2.69 bits per heavy atom. The summed E-state index contributed by atoms with van der Waals surface area (Å²) in [6.45, 7) is 2.20. The van der Waals surface area contributed by atoms with Gasteiger partial charge < -0.3 is 10.1 Å². The van der Waals surface area contributed by atoms with Gasteiger partial charge in [-0.05, 0) is 54.9 Å². The predicted molar refractivity (Wildman–Crippen MR) is 134 cm³/mol. The van der Waals surface area contributed by atoms with Crippen LogP contribution in [0.1, 0.15) is 48.7 Å². The van der Waals surface area contributed by atoms with Crippen LogP contribution in [-0.4, -0.2) is 39.5 Å². The van der Waals surface area contributed by atoms with Crippen molar-refractivity contribution in [3.63, 3.8) is 0 Å². The molecule has 0 saturated heterocycles. The quantitative estimate of drug-likeness (QED) is 0.356. The van der Waals surface area contributed by atoms with E-state index in [1.165, 1.54) is 0 Å². The van der Waals surface area contributed by atoms with Crippen molar-refractivity contribution in [2.24, 2.45) is 5.41 Å². The highest BCUT2D eigenvalue weighted by Crippen LogP contribution is 2.48. The Hall–Kier alpha value is -3.94. The van der Waals surface area contributed by atoms with E-state index in [2.05, 4.69) is 32.6 Å². The maximum Gasteiger partial charge on any atom is 0.272 e. The van der Waals surface area contributed by atoms with Crippen molar-refractivity contribution >= 4 is 16.7 Å². The molecule has 35 heavy (non-hydrogen) atoms. The zero-order chi connectivity index (χ0) is 24.4. The van der Waals surface area contributed by atoms with Gasteiger partial charge in [-0.1, -0.05) is 37.6 Å². The number of carbonyl (C=O) groups is 1. The summed E-state index contributed by atoms with van der Waals surface area (Å²) in [6.07, 6.45) is 8.16. The van der Waals surface area contributed by atoms with Crippen LogP contribution >= 0.6 is 0 Å². The molecule has 180 valence electrons. The van der Waals surface area contributed by atoms with Gasteiger partial charge in [-0.25, -0.2) is 5.10 Å². The van der Waals surface area contributed by atoms with Crippen LogP contribution in [-0.2, 0) is 6.42 Å². The zero-order valence-electron chi connectivity index (χ0n) is 19.9. The lowest BCUT2D eigenvalue weighted by Gasteiger charge is -2.48. The highest BCUT2D eigenvalue weighted by Gasteiger charge is 2.43. The minimum atomic E-state index is -0.158. The second-order valence-corrected chi connectivity index (χ2v) is 9.38. The Morgan fingerprint density at radius 1 is 1.17 bits per heavy atom. The van der Waals surface area contributed by atoms with Crippen molar-refractivity contribution in [2.75, 3.05) is 7.11 Å². The van der Waals surface area contributed by atoms with Gasteiger partial charge >= 0.3 is 0 Å². The van der Waals surface area contributed by atoms with E-state index in [0.29, 0.717) is 16.7 Å². The monoisotopic (exact) mass is 471 g/mol. The number of hydrogen-bond donors (Lipinski definition) is 3. The van der Waals surface area contributed by atoms with Crippen LogP contribution in [0.2, 0.25) is 0 Å². The fraction of sp³-hybridized carbons (Fsp3) is 0.333. The molecule has 0 spiro atoms. The summed E-state index contributed by atoms with van der Waals surface area (Å²) in [4.78, 5) is 25.1. The van der Waals surface area contributed by atoms with Gasteiger partial charge in [0, 0.05) is 23.2 Å². The molecule has 0 bridgehead atoms. The van der Waals surface area contributed by atoms with Crippen LogP contribution < -0.4 is 15.6 Å². The number of hydrogen-bond acceptors (Lipinski definition) is 5. The molecule has 1 fully saturated rings. The van der Waals surface area contributed by atoms with Crippen molar-refractivity contribution in [2.45, 2.75) is 45.1 Å². The molecule has 3 N–H and O–H groups in total. The molecule has 0 aliphatic heterocycles. The van der Waals surface area contributed by atoms with Gasteiger partial charge in [-0.3, -0.25) is 14.7 Å². The number of amides is 1. The lowest BCUT2D eigenvalue weighted by Crippen LogP contribution is -2.50. The Labute approximate surface area is 203 Å². The molecule has 2 aromatic heterocycles. The second-order valence-electron chi connectivity index (χ2n) is 9.38. The Kier molecular flexibility index (Phi) is 6.11. The molecular weight excluding hydrogens is 442 g/mol. The SMILES string of the molecule is CCC1(CCc2n[nH]c(=O)c3ccccc23)CC(NC(=O)c2ccc(-c3cn[nH]c3)cc2OC)C1. The molecule has 1 saturated carbocycles. The first-order chi connectivity index (χ1) is 17.0. The summed E-state index contributed by atoms with van der Waals surface area (Å²) in [5.41, 5.74) is 3.32. The zero-order valence-corrected chi connectivity index (χ0v) is 19.9. The standard InChI is InChI=1S/C27H29N5O3/c1-3-27(11-10-23-20-6-4-5-7-21(20)26(34)32-31-23)13-19(14-27)30-25(33)22-9-8-17(12-24(22)35-2)18-15-28-29-16-18/h4-9,12,15-16,19H,3,10-11,13-14H2,1-2H3,(H,28,29)(H,30,33)(H,32,34). The van der Waals surface area contributed by atoms with E-state index in [1.54, 1.807) is 25.6 Å². The number of aromatic amines is 2. The molecule has 0 unspecified atom stereocenters. The minimum absolute atomic E-state index is 0.122. The fourth-order valence-corrected chi connectivity index (χ4v) is 5.23. The van der Waals surface area contributed by atoms with Crippen molar-refractivity contribution in [1.29, 1.82) is 0 Å². The minimum Gasteiger partial charge on any atom is -0.496 e. The normalized spacial score (nSPS) is 19.3. The second kappa shape index (κ2) is 9.37. The maximum atomic E-state index is 13.0. The number of benzene rings is 2. The molecule has 2 heterocycles. The summed E-state index contributed by atoms with van der Waals surface area (Å²) in [6, 6.07) is 13.3. The van der Waals surface area contributed by atoms with Crippen LogP contribution in [0, 0.1) is 5.41 Å². The molecule has 8 heteroatoms. The Balaban J connectivity index is 1.23. The fourth-order valence-electron chi connectivity index (χ4n) is 5.23. The van der Waals surface area contributed by atoms with Gasteiger partial charge in [-0.2, -0.15) is 10.2 Å². The molecule has 4 aromatic rings. The summed E-state index contributed by atoms with van der Waals surface area (Å²) in [7, 11) is 1.57. The van der Waals surface area contributed by atoms with Crippen LogP contribution in [0.3, 0.4) is 0 Å². The topological polar surface area (TPSA) is 113 Å². The van der Waals surface area contributed by atoms with E-state index in [1.807, 2.05) is 36.4 Å². The van der Waals surface area contributed by atoms with E-state index >= 15 is 0 Å². The highest BCUT2D eigenvalue weighted by atomic mass is 16.5. The molecule has 8 nitrogen and oxygen atoms in total. The summed E-state index contributed by atoms with van der Waals surface area (Å²) in [5, 5.41) is 18.5. The molecule has 0 radical (unpaired) electrons. The largest absolute Gasteiger partial charge is 0.496 e. The van der Waals surface area contributed by atoms with Crippen LogP contribution in [0.15, 0.2) is 59.7 Å². The number of ether oxygens (including phenoxy) is 1. The lowest BCUT2D eigenvalue weighted by atomic mass is 9.61. The van der Waals surface area contributed by atoms with Gasteiger partial charge in [0.2, 0.25) is 0 Å². The summed E-state index contributed by atoms with van der Waals surface area (Å²) < 4.78 is 5.51. The van der Waals surface area contributed by atoms with E-state index in [-0.39, 0.29) is 22.9 Å². The third-order valence-electron chi connectivity index (χ3n) is 7.39. The van der Waals surface area contributed by atoms with Crippen LogP contribution in [0.25, 0.3) is 21.9 Å². The Bertz CT molecular complexity index is 1400. The summed E-state index contributed by atoms with van der Waals surface area (Å²) in [5.74, 6) is 0.418. The van der Waals surface area contributed by atoms with Crippen molar-refractivity contribution < 1.29 is 9.53 Å². The molecular formula is C27H29N5O3. The highest BCUT2D eigenvalue weighted by molar-refractivity contribution is 5.98. The number of nitrogens with zero attached hydrogens (tertiary/aromatic N) is 2. The van der Waals surface area contributed by atoms with Crippen molar-refractivity contribution in [3.8, 4) is 16.9 Å². The Morgan fingerprint density at radius 2 is 1.97 bits per heavy atom. The van der Waals surface area contributed by atoms with Gasteiger partial charge in [0.05, 0.1) is 30.0 Å².